The molecular formula is C25H27NO5S. The minimum absolute atomic E-state index is 0.0244. The number of hydrogen-bond donors (Lipinski definition) is 2. The first kappa shape index (κ1) is 23.5. The summed E-state index contributed by atoms with van der Waals surface area (Å²) in [7, 11) is -3.94. The van der Waals surface area contributed by atoms with Crippen LogP contribution in [-0.4, -0.2) is 25.5 Å². The van der Waals surface area contributed by atoms with Gasteiger partial charge in [0.25, 0.3) is 0 Å². The van der Waals surface area contributed by atoms with Gasteiger partial charge >= 0.3 is 5.97 Å². The lowest BCUT2D eigenvalue weighted by atomic mass is 10.0. The van der Waals surface area contributed by atoms with Crippen molar-refractivity contribution in [2.24, 2.45) is 5.92 Å². The fraction of sp³-hybridized carbons (Fsp3) is 0.240. The summed E-state index contributed by atoms with van der Waals surface area (Å²) in [4.78, 5) is 11.3. The monoisotopic (exact) mass is 453 g/mol. The number of nitrogens with one attached hydrogen (secondary N) is 1. The molecule has 0 heterocycles. The number of benzene rings is 3. The number of para-hydroxylation sites is 1. The highest BCUT2D eigenvalue weighted by Gasteiger charge is 2.27. The highest BCUT2D eigenvalue weighted by molar-refractivity contribution is 7.89. The Morgan fingerprint density at radius 3 is 2.03 bits per heavy atom. The average Bonchev–Trinajstić information content (AvgIpc) is 2.77. The summed E-state index contributed by atoms with van der Waals surface area (Å²) < 4.78 is 33.3. The highest BCUT2D eigenvalue weighted by Crippen LogP contribution is 2.23. The molecular weight excluding hydrogens is 426 g/mol. The quantitative estimate of drug-likeness (QED) is 0.493. The first-order chi connectivity index (χ1) is 15.2. The Bertz CT molecular complexity index is 1170. The molecule has 0 amide bonds. The minimum Gasteiger partial charge on any atom is -0.489 e. The van der Waals surface area contributed by atoms with E-state index in [0.29, 0.717) is 6.61 Å². The second kappa shape index (κ2) is 9.97. The van der Waals surface area contributed by atoms with Gasteiger partial charge in [-0.15, -0.1) is 0 Å². The van der Waals surface area contributed by atoms with E-state index in [0.717, 1.165) is 28.0 Å². The summed E-state index contributed by atoms with van der Waals surface area (Å²) in [6.45, 7) is 5.76. The summed E-state index contributed by atoms with van der Waals surface area (Å²) in [5.41, 5.74) is 3.90. The van der Waals surface area contributed by atoms with Gasteiger partial charge in [-0.1, -0.05) is 68.4 Å². The molecule has 1 atom stereocenters. The zero-order chi connectivity index (χ0) is 23.3. The van der Waals surface area contributed by atoms with Crippen molar-refractivity contribution in [3.05, 3.63) is 83.9 Å². The van der Waals surface area contributed by atoms with Gasteiger partial charge < -0.3 is 9.84 Å². The van der Waals surface area contributed by atoms with E-state index in [2.05, 4.69) is 4.72 Å². The molecule has 0 aromatic heterocycles. The molecule has 0 aliphatic heterocycles. The van der Waals surface area contributed by atoms with E-state index in [1.807, 2.05) is 55.5 Å². The van der Waals surface area contributed by atoms with Crippen molar-refractivity contribution in [2.75, 3.05) is 0 Å². The standard InChI is InChI=1S/C25H27NO5S/c1-17(2)24(25(27)28)26-32(29,30)22-14-12-21(13-15-22)20-10-8-19(9-11-20)16-31-23-7-5-4-6-18(23)3/h4-15,17,24,26H,16H2,1-3H3,(H,27,28)/t24-/m1/s1. The molecule has 168 valence electrons. The number of sulfonamides is 1. The van der Waals surface area contributed by atoms with Gasteiger partial charge in [-0.2, -0.15) is 4.72 Å². The molecule has 0 spiro atoms. The van der Waals surface area contributed by atoms with Gasteiger partial charge in [-0.25, -0.2) is 8.42 Å². The lowest BCUT2D eigenvalue weighted by molar-refractivity contribution is -0.140. The summed E-state index contributed by atoms with van der Waals surface area (Å²) in [6, 6.07) is 20.9. The number of carboxylic acid groups (broad SMARTS) is 1. The second-order valence-corrected chi connectivity index (χ2v) is 9.67. The van der Waals surface area contributed by atoms with Crippen molar-refractivity contribution >= 4 is 16.0 Å². The van der Waals surface area contributed by atoms with Crippen molar-refractivity contribution < 1.29 is 23.1 Å². The van der Waals surface area contributed by atoms with Gasteiger partial charge in [-0.05, 0) is 53.3 Å². The molecule has 0 aliphatic carbocycles. The van der Waals surface area contributed by atoms with Crippen molar-refractivity contribution in [2.45, 2.75) is 38.3 Å². The Hall–Kier alpha value is -3.16. The van der Waals surface area contributed by atoms with E-state index in [1.165, 1.54) is 12.1 Å². The first-order valence-electron chi connectivity index (χ1n) is 10.3. The van der Waals surface area contributed by atoms with Crippen LogP contribution in [0.15, 0.2) is 77.7 Å². The maximum absolute atomic E-state index is 12.6. The smallest absolute Gasteiger partial charge is 0.322 e. The molecule has 0 bridgehead atoms. The van der Waals surface area contributed by atoms with Gasteiger partial charge in [0, 0.05) is 0 Å². The summed E-state index contributed by atoms with van der Waals surface area (Å²) in [5, 5.41) is 9.25. The van der Waals surface area contributed by atoms with E-state index < -0.39 is 22.0 Å². The lowest BCUT2D eigenvalue weighted by Gasteiger charge is -2.18. The number of aliphatic carboxylic acids is 1. The number of rotatable bonds is 9. The Morgan fingerprint density at radius 2 is 1.50 bits per heavy atom. The molecule has 0 saturated carbocycles. The minimum atomic E-state index is -3.94. The van der Waals surface area contributed by atoms with E-state index in [-0.39, 0.29) is 10.8 Å². The fourth-order valence-electron chi connectivity index (χ4n) is 3.21. The van der Waals surface area contributed by atoms with Crippen LogP contribution in [0.1, 0.15) is 25.0 Å². The number of ether oxygens (including phenoxy) is 1. The largest absolute Gasteiger partial charge is 0.489 e. The Kier molecular flexibility index (Phi) is 7.33. The number of aryl methyl sites for hydroxylation is 1. The van der Waals surface area contributed by atoms with Crippen LogP contribution in [0, 0.1) is 12.8 Å². The summed E-state index contributed by atoms with van der Waals surface area (Å²) in [6.07, 6.45) is 0. The Labute approximate surface area is 188 Å². The van der Waals surface area contributed by atoms with Crippen LogP contribution in [0.2, 0.25) is 0 Å². The number of carboxylic acids is 1. The fourth-order valence-corrected chi connectivity index (χ4v) is 4.54. The molecule has 0 radical (unpaired) electrons. The zero-order valence-corrected chi connectivity index (χ0v) is 19.1. The zero-order valence-electron chi connectivity index (χ0n) is 18.3. The molecule has 0 unspecified atom stereocenters. The van der Waals surface area contributed by atoms with Crippen molar-refractivity contribution in [1.82, 2.24) is 4.72 Å². The molecule has 7 heteroatoms. The maximum Gasteiger partial charge on any atom is 0.322 e. The molecule has 3 aromatic rings. The lowest BCUT2D eigenvalue weighted by Crippen LogP contribution is -2.44. The molecule has 3 rings (SSSR count). The van der Waals surface area contributed by atoms with Crippen molar-refractivity contribution in [3.8, 4) is 16.9 Å². The van der Waals surface area contributed by atoms with Crippen LogP contribution in [0.25, 0.3) is 11.1 Å². The summed E-state index contributed by atoms with van der Waals surface area (Å²) >= 11 is 0. The van der Waals surface area contributed by atoms with Crippen LogP contribution < -0.4 is 9.46 Å². The number of hydrogen-bond acceptors (Lipinski definition) is 4. The Balaban J connectivity index is 1.69. The molecule has 3 aromatic carbocycles. The maximum atomic E-state index is 12.6. The Morgan fingerprint density at radius 1 is 0.938 bits per heavy atom. The average molecular weight is 454 g/mol. The predicted octanol–water partition coefficient (Wildman–Crippen LogP) is 4.63. The predicted molar refractivity (Wildman–Crippen MR) is 124 cm³/mol. The highest BCUT2D eigenvalue weighted by atomic mass is 32.2. The molecule has 0 saturated heterocycles. The van der Waals surface area contributed by atoms with E-state index in [1.54, 1.807) is 26.0 Å². The van der Waals surface area contributed by atoms with Gasteiger partial charge in [0.05, 0.1) is 4.90 Å². The third kappa shape index (κ3) is 5.75. The van der Waals surface area contributed by atoms with Crippen molar-refractivity contribution in [3.63, 3.8) is 0 Å². The second-order valence-electron chi connectivity index (χ2n) is 7.96. The van der Waals surface area contributed by atoms with E-state index in [9.17, 15) is 18.3 Å². The number of carbonyl (C=O) groups is 1. The third-order valence-electron chi connectivity index (χ3n) is 5.15. The SMILES string of the molecule is Cc1ccccc1OCc1ccc(-c2ccc(S(=O)(=O)N[C@@H](C(=O)O)C(C)C)cc2)cc1. The van der Waals surface area contributed by atoms with Crippen LogP contribution in [0.4, 0.5) is 0 Å². The van der Waals surface area contributed by atoms with Gasteiger partial charge in [0.1, 0.15) is 18.4 Å². The van der Waals surface area contributed by atoms with Crippen molar-refractivity contribution in [1.29, 1.82) is 0 Å². The van der Waals surface area contributed by atoms with Gasteiger partial charge in [0.15, 0.2) is 0 Å². The molecule has 2 N–H and O–H groups in total. The first-order valence-corrected chi connectivity index (χ1v) is 11.8. The summed E-state index contributed by atoms with van der Waals surface area (Å²) in [5.74, 6) is -0.730. The van der Waals surface area contributed by atoms with Crippen LogP contribution in [0.3, 0.4) is 0 Å². The van der Waals surface area contributed by atoms with E-state index in [4.69, 9.17) is 4.74 Å². The molecule has 0 aliphatic rings. The van der Waals surface area contributed by atoms with Gasteiger partial charge in [0.2, 0.25) is 10.0 Å². The van der Waals surface area contributed by atoms with E-state index >= 15 is 0 Å². The van der Waals surface area contributed by atoms with Crippen LogP contribution in [0.5, 0.6) is 5.75 Å². The topological polar surface area (TPSA) is 92.7 Å². The molecule has 6 nitrogen and oxygen atoms in total. The third-order valence-corrected chi connectivity index (χ3v) is 6.61. The normalized spacial score (nSPS) is 12.5. The van der Waals surface area contributed by atoms with Gasteiger partial charge in [-0.3, -0.25) is 4.79 Å². The van der Waals surface area contributed by atoms with Crippen LogP contribution in [-0.2, 0) is 21.4 Å². The molecule has 32 heavy (non-hydrogen) atoms. The molecule has 0 fully saturated rings. The van der Waals surface area contributed by atoms with Crippen LogP contribution >= 0.6 is 0 Å².